The lowest BCUT2D eigenvalue weighted by molar-refractivity contribution is 0.477. The van der Waals surface area contributed by atoms with E-state index in [4.69, 9.17) is 0 Å². The molecule has 1 aliphatic rings. The molecule has 34 heavy (non-hydrogen) atoms. The van der Waals surface area contributed by atoms with Crippen molar-refractivity contribution in [3.05, 3.63) is 117 Å². The average Bonchev–Trinajstić information content (AvgIpc) is 2.79. The Morgan fingerprint density at radius 3 is 2.24 bits per heavy atom. The van der Waals surface area contributed by atoms with Gasteiger partial charge in [-0.2, -0.15) is 0 Å². The fourth-order valence-electron chi connectivity index (χ4n) is 4.88. The number of phenolic OH excluding ortho intramolecular Hbond substituents is 1. The molecular formula is C28H21BrF3NO. The first-order valence-electron chi connectivity index (χ1n) is 10.9. The molecule has 172 valence electrons. The standard InChI is InChI=1S/C28H21BrF3NO/c1-16-12-18-13-17(22-4-2-3-5-26(22)34)6-11-23(18)28(27-24(31)14-19(29)15-25(27)32)33(16)21-9-7-20(30)8-10-21/h2-11,13-16,28,34H,12H2,1H3/t16-,28+/m1/s1. The van der Waals surface area contributed by atoms with Gasteiger partial charge >= 0.3 is 0 Å². The molecule has 0 spiro atoms. The highest BCUT2D eigenvalue weighted by Crippen LogP contribution is 2.44. The second-order valence-corrected chi connectivity index (χ2v) is 9.47. The molecule has 0 radical (unpaired) electrons. The SMILES string of the molecule is C[C@@H]1Cc2cc(-c3ccccc3O)ccc2[C@@H](c2c(F)cc(Br)cc2F)N1c1ccc(F)cc1. The molecule has 0 unspecified atom stereocenters. The Balaban J connectivity index is 1.72. The van der Waals surface area contributed by atoms with E-state index in [-0.39, 0.29) is 23.2 Å². The van der Waals surface area contributed by atoms with Crippen LogP contribution in [-0.4, -0.2) is 11.1 Å². The lowest BCUT2D eigenvalue weighted by Gasteiger charge is -2.44. The number of aromatic hydroxyl groups is 1. The van der Waals surface area contributed by atoms with Crippen LogP contribution in [0.4, 0.5) is 18.9 Å². The van der Waals surface area contributed by atoms with Crippen LogP contribution in [0, 0.1) is 17.5 Å². The quantitative estimate of drug-likeness (QED) is 0.296. The van der Waals surface area contributed by atoms with Crippen molar-refractivity contribution in [3.8, 4) is 16.9 Å². The van der Waals surface area contributed by atoms with Crippen LogP contribution < -0.4 is 4.90 Å². The summed E-state index contributed by atoms with van der Waals surface area (Å²) < 4.78 is 44.5. The molecule has 0 amide bonds. The van der Waals surface area contributed by atoms with Gasteiger partial charge < -0.3 is 10.0 Å². The van der Waals surface area contributed by atoms with Gasteiger partial charge in [0, 0.05) is 21.8 Å². The summed E-state index contributed by atoms with van der Waals surface area (Å²) in [5.74, 6) is -1.53. The molecule has 1 heterocycles. The molecule has 4 aromatic carbocycles. The molecule has 0 bridgehead atoms. The van der Waals surface area contributed by atoms with Crippen molar-refractivity contribution >= 4 is 21.6 Å². The molecule has 2 atom stereocenters. The molecule has 0 aliphatic carbocycles. The maximum absolute atomic E-state index is 15.3. The first kappa shape index (κ1) is 22.5. The van der Waals surface area contributed by atoms with Crippen molar-refractivity contribution in [2.45, 2.75) is 25.4 Å². The van der Waals surface area contributed by atoms with E-state index < -0.39 is 17.7 Å². The van der Waals surface area contributed by atoms with Gasteiger partial charge in [0.25, 0.3) is 0 Å². The number of halogens is 4. The predicted molar refractivity (Wildman–Crippen MR) is 131 cm³/mol. The van der Waals surface area contributed by atoms with Crippen molar-refractivity contribution in [2.75, 3.05) is 4.90 Å². The fraction of sp³-hybridized carbons (Fsp3) is 0.143. The van der Waals surface area contributed by atoms with Gasteiger partial charge in [-0.25, -0.2) is 13.2 Å². The van der Waals surface area contributed by atoms with Gasteiger partial charge in [0.05, 0.1) is 11.6 Å². The van der Waals surface area contributed by atoms with Gasteiger partial charge in [-0.3, -0.25) is 0 Å². The Morgan fingerprint density at radius 1 is 0.882 bits per heavy atom. The minimum absolute atomic E-state index is 0.0596. The van der Waals surface area contributed by atoms with Gasteiger partial charge in [-0.15, -0.1) is 0 Å². The maximum Gasteiger partial charge on any atom is 0.132 e. The number of nitrogens with zero attached hydrogens (tertiary/aromatic N) is 1. The maximum atomic E-state index is 15.3. The number of hydrogen-bond acceptors (Lipinski definition) is 2. The summed E-state index contributed by atoms with van der Waals surface area (Å²) in [6.45, 7) is 1.99. The van der Waals surface area contributed by atoms with E-state index in [1.807, 2.05) is 42.2 Å². The van der Waals surface area contributed by atoms with Crippen molar-refractivity contribution in [3.63, 3.8) is 0 Å². The first-order chi connectivity index (χ1) is 16.3. The van der Waals surface area contributed by atoms with Crippen LogP contribution in [0.15, 0.2) is 83.3 Å². The van der Waals surface area contributed by atoms with E-state index in [9.17, 15) is 9.50 Å². The van der Waals surface area contributed by atoms with E-state index in [0.29, 0.717) is 22.1 Å². The third kappa shape index (κ3) is 3.96. The van der Waals surface area contributed by atoms with E-state index in [1.54, 1.807) is 24.3 Å². The molecular weight excluding hydrogens is 503 g/mol. The van der Waals surface area contributed by atoms with E-state index in [1.165, 1.54) is 24.3 Å². The average molecular weight is 524 g/mol. The van der Waals surface area contributed by atoms with E-state index in [2.05, 4.69) is 15.9 Å². The van der Waals surface area contributed by atoms with Crippen LogP contribution in [0.5, 0.6) is 5.75 Å². The van der Waals surface area contributed by atoms with Crippen molar-refractivity contribution in [1.82, 2.24) is 0 Å². The zero-order chi connectivity index (χ0) is 24.0. The monoisotopic (exact) mass is 523 g/mol. The normalized spacial score (nSPS) is 17.5. The van der Waals surface area contributed by atoms with Crippen molar-refractivity contribution < 1.29 is 18.3 Å². The van der Waals surface area contributed by atoms with Gasteiger partial charge in [0.1, 0.15) is 23.2 Å². The zero-order valence-corrected chi connectivity index (χ0v) is 19.9. The predicted octanol–water partition coefficient (Wildman–Crippen LogP) is 7.78. The molecule has 1 N–H and O–H groups in total. The van der Waals surface area contributed by atoms with Crippen LogP contribution in [0.1, 0.15) is 29.7 Å². The summed E-state index contributed by atoms with van der Waals surface area (Å²) in [6.07, 6.45) is 0.615. The lowest BCUT2D eigenvalue weighted by Crippen LogP contribution is -2.43. The third-order valence-corrected chi connectivity index (χ3v) is 6.82. The number of hydrogen-bond donors (Lipinski definition) is 1. The molecule has 2 nitrogen and oxygen atoms in total. The highest BCUT2D eigenvalue weighted by Gasteiger charge is 2.37. The third-order valence-electron chi connectivity index (χ3n) is 6.36. The fourth-order valence-corrected chi connectivity index (χ4v) is 5.28. The van der Waals surface area contributed by atoms with Crippen molar-refractivity contribution in [1.29, 1.82) is 0 Å². The highest BCUT2D eigenvalue weighted by molar-refractivity contribution is 9.10. The molecule has 1 aliphatic heterocycles. The topological polar surface area (TPSA) is 23.5 Å². The van der Waals surface area contributed by atoms with Crippen LogP contribution in [0.2, 0.25) is 0 Å². The minimum atomic E-state index is -0.754. The van der Waals surface area contributed by atoms with Crippen LogP contribution in [0.25, 0.3) is 11.1 Å². The summed E-state index contributed by atoms with van der Waals surface area (Å²) in [5.41, 5.74) is 3.85. The Kier molecular flexibility index (Phi) is 5.86. The summed E-state index contributed by atoms with van der Waals surface area (Å²) in [7, 11) is 0. The lowest BCUT2D eigenvalue weighted by atomic mass is 9.82. The first-order valence-corrected chi connectivity index (χ1v) is 11.7. The van der Waals surface area contributed by atoms with Gasteiger partial charge in [0.2, 0.25) is 0 Å². The highest BCUT2D eigenvalue weighted by atomic mass is 79.9. The summed E-state index contributed by atoms with van der Waals surface area (Å²) in [5, 5.41) is 10.3. The van der Waals surface area contributed by atoms with Crippen LogP contribution >= 0.6 is 15.9 Å². The molecule has 5 rings (SSSR count). The largest absolute Gasteiger partial charge is 0.507 e. The number of rotatable bonds is 3. The van der Waals surface area contributed by atoms with Crippen LogP contribution in [0.3, 0.4) is 0 Å². The van der Waals surface area contributed by atoms with Crippen molar-refractivity contribution in [2.24, 2.45) is 0 Å². The van der Waals surface area contributed by atoms with E-state index in [0.717, 1.165) is 16.7 Å². The number of anilines is 1. The Hall–Kier alpha value is -3.25. The molecule has 0 saturated heterocycles. The van der Waals surface area contributed by atoms with Gasteiger partial charge in [-0.1, -0.05) is 52.3 Å². The number of para-hydroxylation sites is 1. The molecule has 6 heteroatoms. The van der Waals surface area contributed by atoms with E-state index >= 15 is 8.78 Å². The molecule has 0 saturated carbocycles. The molecule has 0 fully saturated rings. The summed E-state index contributed by atoms with van der Waals surface area (Å²) in [4.78, 5) is 1.94. The summed E-state index contributed by atoms with van der Waals surface area (Å²) >= 11 is 3.17. The Bertz CT molecular complexity index is 1350. The minimum Gasteiger partial charge on any atom is -0.507 e. The Morgan fingerprint density at radius 2 is 1.56 bits per heavy atom. The van der Waals surface area contributed by atoms with Crippen LogP contribution in [-0.2, 0) is 6.42 Å². The summed E-state index contributed by atoms with van der Waals surface area (Å²) in [6, 6.07) is 20.4. The number of fused-ring (bicyclic) bond motifs is 1. The second-order valence-electron chi connectivity index (χ2n) is 8.55. The Labute approximate surface area is 204 Å². The second kappa shape index (κ2) is 8.84. The van der Waals surface area contributed by atoms with Gasteiger partial charge in [0.15, 0.2) is 0 Å². The molecule has 4 aromatic rings. The molecule has 0 aromatic heterocycles. The number of benzene rings is 4. The zero-order valence-electron chi connectivity index (χ0n) is 18.3. The smallest absolute Gasteiger partial charge is 0.132 e. The number of phenols is 1. The van der Waals surface area contributed by atoms with Gasteiger partial charge in [-0.05, 0) is 72.5 Å².